The summed E-state index contributed by atoms with van der Waals surface area (Å²) in [6.45, 7) is 0. The molecule has 1 N–H and O–H groups in total. The second-order valence-electron chi connectivity index (χ2n) is 2.96. The lowest BCUT2D eigenvalue weighted by molar-refractivity contribution is -0.180. The molecule has 1 aliphatic rings. The van der Waals surface area contributed by atoms with Gasteiger partial charge in [-0.25, -0.2) is 0 Å². The highest BCUT2D eigenvalue weighted by atomic mass is 19.4. The molecule has 0 amide bonds. The smallest absolute Gasteiger partial charge is 0.392 e. The summed E-state index contributed by atoms with van der Waals surface area (Å²) < 4.78 is 36.4. The van der Waals surface area contributed by atoms with Crippen molar-refractivity contribution in [3.05, 3.63) is 16.4 Å². The van der Waals surface area contributed by atoms with Crippen molar-refractivity contribution in [1.82, 2.24) is 0 Å². The van der Waals surface area contributed by atoms with Gasteiger partial charge in [0.15, 0.2) is 11.5 Å². The Morgan fingerprint density at radius 3 is 2.29 bits per heavy atom. The number of allylic oxidation sites excluding steroid dienone is 2. The predicted octanol–water partition coefficient (Wildman–Crippen LogP) is 2.06. The largest absolute Gasteiger partial charge is 0.510 e. The summed E-state index contributed by atoms with van der Waals surface area (Å²) in [5, 5.41) is 11.1. The summed E-state index contributed by atoms with van der Waals surface area (Å²) in [7, 11) is 0. The van der Waals surface area contributed by atoms with Crippen molar-refractivity contribution in [1.29, 1.82) is 0 Å². The molecule has 1 atom stereocenters. The van der Waals surface area contributed by atoms with Crippen molar-refractivity contribution >= 4 is 5.78 Å². The average Bonchev–Trinajstić information content (AvgIpc) is 2.01. The minimum atomic E-state index is -4.54. The number of halogens is 3. The highest BCUT2D eigenvalue weighted by Crippen LogP contribution is 2.37. The average molecular weight is 209 g/mol. The van der Waals surface area contributed by atoms with Crippen molar-refractivity contribution in [2.24, 2.45) is 11.1 Å². The Labute approximate surface area is 76.4 Å². The van der Waals surface area contributed by atoms with E-state index < -0.39 is 42.2 Å². The molecular formula is C7H6F3NO3. The molecule has 0 heterocycles. The van der Waals surface area contributed by atoms with Crippen LogP contribution in [0.5, 0.6) is 0 Å². The summed E-state index contributed by atoms with van der Waals surface area (Å²) >= 11 is 0. The van der Waals surface area contributed by atoms with E-state index in [0.29, 0.717) is 0 Å². The van der Waals surface area contributed by atoms with Crippen molar-refractivity contribution in [2.45, 2.75) is 19.0 Å². The first-order chi connectivity index (χ1) is 6.36. The molecule has 4 nitrogen and oxygen atoms in total. The third kappa shape index (κ3) is 1.91. The number of ketones is 1. The fourth-order valence-electron chi connectivity index (χ4n) is 1.22. The third-order valence-corrected chi connectivity index (χ3v) is 1.96. The van der Waals surface area contributed by atoms with E-state index in [4.69, 9.17) is 5.11 Å². The molecule has 14 heavy (non-hydrogen) atoms. The summed E-state index contributed by atoms with van der Waals surface area (Å²) in [5.74, 6) is -3.86. The maximum atomic E-state index is 12.1. The molecule has 0 aromatic rings. The highest BCUT2D eigenvalue weighted by molar-refractivity contribution is 5.96. The van der Waals surface area contributed by atoms with Gasteiger partial charge in [-0.2, -0.15) is 13.2 Å². The summed E-state index contributed by atoms with van der Waals surface area (Å²) in [6, 6.07) is 0. The van der Waals surface area contributed by atoms with Crippen LogP contribution in [-0.4, -0.2) is 17.1 Å². The first kappa shape index (κ1) is 10.7. The minimum absolute atomic E-state index is 0.754. The Bertz CT molecular complexity index is 308. The second kappa shape index (κ2) is 3.39. The van der Waals surface area contributed by atoms with E-state index in [1.807, 2.05) is 0 Å². The molecule has 1 aliphatic carbocycles. The van der Waals surface area contributed by atoms with E-state index in [-0.39, 0.29) is 0 Å². The number of hydrogen-bond donors (Lipinski definition) is 1. The Balaban J connectivity index is 2.94. The molecule has 0 saturated carbocycles. The number of nitrogens with zero attached hydrogens (tertiary/aromatic N) is 1. The van der Waals surface area contributed by atoms with Crippen LogP contribution in [0, 0.1) is 10.8 Å². The van der Waals surface area contributed by atoms with Crippen LogP contribution in [0.4, 0.5) is 13.2 Å². The number of aliphatic hydroxyl groups is 1. The first-order valence-electron chi connectivity index (χ1n) is 3.71. The summed E-state index contributed by atoms with van der Waals surface area (Å²) in [6.07, 6.45) is -6.12. The number of rotatable bonds is 1. The van der Waals surface area contributed by atoms with E-state index in [0.717, 1.165) is 0 Å². The van der Waals surface area contributed by atoms with Crippen molar-refractivity contribution < 1.29 is 23.1 Å². The van der Waals surface area contributed by atoms with E-state index in [1.165, 1.54) is 0 Å². The standard InChI is InChI=1S/C7H6F3NO3/c8-7(9,10)3-1-4(12)6(11-14)5(13)2-3/h3,12H,1-2H2. The zero-order chi connectivity index (χ0) is 10.9. The van der Waals surface area contributed by atoms with Gasteiger partial charge in [0.25, 0.3) is 0 Å². The first-order valence-corrected chi connectivity index (χ1v) is 3.71. The van der Waals surface area contributed by atoms with Gasteiger partial charge in [0, 0.05) is 12.8 Å². The van der Waals surface area contributed by atoms with Gasteiger partial charge in [0.2, 0.25) is 0 Å². The van der Waals surface area contributed by atoms with Crippen molar-refractivity contribution in [2.75, 3.05) is 0 Å². The fourth-order valence-corrected chi connectivity index (χ4v) is 1.22. The number of aliphatic hydroxyl groups excluding tert-OH is 1. The van der Waals surface area contributed by atoms with Gasteiger partial charge in [0.05, 0.1) is 5.92 Å². The molecule has 0 fully saturated rings. The topological polar surface area (TPSA) is 66.7 Å². The normalized spacial score (nSPS) is 23.9. The monoisotopic (exact) mass is 209 g/mol. The lowest BCUT2D eigenvalue weighted by Crippen LogP contribution is -2.30. The van der Waals surface area contributed by atoms with E-state index in [2.05, 4.69) is 5.18 Å². The number of Topliss-reactive ketones (excluding diaryl/α,β-unsaturated/α-hetero) is 1. The number of carbonyl (C=O) groups is 1. The maximum Gasteiger partial charge on any atom is 0.392 e. The van der Waals surface area contributed by atoms with Crippen molar-refractivity contribution in [3.63, 3.8) is 0 Å². The fraction of sp³-hybridized carbons (Fsp3) is 0.571. The van der Waals surface area contributed by atoms with Gasteiger partial charge in [-0.3, -0.25) is 4.79 Å². The number of alkyl halides is 3. The third-order valence-electron chi connectivity index (χ3n) is 1.96. The zero-order valence-electron chi connectivity index (χ0n) is 6.84. The van der Waals surface area contributed by atoms with Crippen LogP contribution in [0.3, 0.4) is 0 Å². The van der Waals surface area contributed by atoms with Gasteiger partial charge in [-0.05, 0) is 5.18 Å². The van der Waals surface area contributed by atoms with Crippen molar-refractivity contribution in [3.8, 4) is 0 Å². The molecule has 0 aliphatic heterocycles. The van der Waals surface area contributed by atoms with Gasteiger partial charge in [0.1, 0.15) is 5.76 Å². The molecule has 0 saturated heterocycles. The van der Waals surface area contributed by atoms with Crippen LogP contribution in [0.2, 0.25) is 0 Å². The van der Waals surface area contributed by atoms with Crippen LogP contribution >= 0.6 is 0 Å². The SMILES string of the molecule is O=NC1=C(O)CC(C(F)(F)F)CC1=O. The van der Waals surface area contributed by atoms with Crippen LogP contribution in [-0.2, 0) is 4.79 Å². The van der Waals surface area contributed by atoms with Gasteiger partial charge in [-0.1, -0.05) is 0 Å². The molecule has 1 rings (SSSR count). The maximum absolute atomic E-state index is 12.1. The van der Waals surface area contributed by atoms with Gasteiger partial charge >= 0.3 is 6.18 Å². The minimum Gasteiger partial charge on any atom is -0.510 e. The van der Waals surface area contributed by atoms with Crippen LogP contribution in [0.1, 0.15) is 12.8 Å². The Morgan fingerprint density at radius 1 is 1.36 bits per heavy atom. The lowest BCUT2D eigenvalue weighted by atomic mass is 9.90. The predicted molar refractivity (Wildman–Crippen MR) is 39.2 cm³/mol. The van der Waals surface area contributed by atoms with Crippen LogP contribution in [0.15, 0.2) is 16.6 Å². The van der Waals surface area contributed by atoms with Gasteiger partial charge in [-0.15, -0.1) is 4.91 Å². The number of hydrogen-bond acceptors (Lipinski definition) is 4. The lowest BCUT2D eigenvalue weighted by Gasteiger charge is -2.22. The molecule has 78 valence electrons. The molecular weight excluding hydrogens is 203 g/mol. The summed E-state index contributed by atoms with van der Waals surface area (Å²) in [5.41, 5.74) is -0.787. The molecule has 7 heteroatoms. The molecule has 0 spiro atoms. The Kier molecular flexibility index (Phi) is 2.59. The molecule has 1 unspecified atom stereocenters. The van der Waals surface area contributed by atoms with E-state index in [9.17, 15) is 22.9 Å². The number of nitroso groups, excluding NO2 is 1. The van der Waals surface area contributed by atoms with Gasteiger partial charge < -0.3 is 5.11 Å². The molecule has 0 bridgehead atoms. The quantitative estimate of drug-likeness (QED) is 0.672. The second-order valence-corrected chi connectivity index (χ2v) is 2.96. The molecule has 0 aromatic carbocycles. The highest BCUT2D eigenvalue weighted by Gasteiger charge is 2.45. The van der Waals surface area contributed by atoms with E-state index in [1.54, 1.807) is 0 Å². The van der Waals surface area contributed by atoms with Crippen LogP contribution in [0.25, 0.3) is 0 Å². The number of carbonyl (C=O) groups excluding carboxylic acids is 1. The Morgan fingerprint density at radius 2 is 1.93 bits per heavy atom. The zero-order valence-corrected chi connectivity index (χ0v) is 6.84. The molecule has 0 aromatic heterocycles. The van der Waals surface area contributed by atoms with Crippen LogP contribution < -0.4 is 0 Å². The van der Waals surface area contributed by atoms with E-state index >= 15 is 0 Å². The Hall–Kier alpha value is -1.40. The summed E-state index contributed by atoms with van der Waals surface area (Å²) in [4.78, 5) is 20.8. The molecule has 0 radical (unpaired) electrons.